The van der Waals surface area contributed by atoms with E-state index in [2.05, 4.69) is 22.0 Å². The van der Waals surface area contributed by atoms with Crippen molar-refractivity contribution in [3.05, 3.63) is 58.1 Å². The molecule has 0 atom stereocenters. The third-order valence-corrected chi connectivity index (χ3v) is 5.95. The molecule has 1 saturated heterocycles. The number of hydrogen-bond donors (Lipinski definition) is 3. The summed E-state index contributed by atoms with van der Waals surface area (Å²) < 4.78 is 0. The Balaban J connectivity index is 1.69. The summed E-state index contributed by atoms with van der Waals surface area (Å²) in [5.74, 6) is 0.0430. The van der Waals surface area contributed by atoms with Crippen molar-refractivity contribution in [3.8, 4) is 0 Å². The van der Waals surface area contributed by atoms with Crippen LogP contribution < -0.4 is 16.0 Å². The molecule has 4 nitrogen and oxygen atoms in total. The van der Waals surface area contributed by atoms with Gasteiger partial charge in [0.05, 0.1) is 11.0 Å². The monoisotopic (exact) mass is 355 g/mol. The first-order valence-electron chi connectivity index (χ1n) is 8.54. The van der Waals surface area contributed by atoms with E-state index in [0.717, 1.165) is 46.2 Å². The van der Waals surface area contributed by atoms with Gasteiger partial charge in [0, 0.05) is 29.5 Å². The standard InChI is InChI=1S/C20H22ClN3O/c1-12-5-4-6-15(17(12)21)20(10-22-11-20)24-13-7-8-14-16(9-13)23-18(25)19(14,2)3/h4-9,22,24H,10-11H2,1-3H3,(H,23,25). The molecule has 4 rings (SSSR count). The summed E-state index contributed by atoms with van der Waals surface area (Å²) in [5, 5.41) is 10.8. The smallest absolute Gasteiger partial charge is 0.234 e. The number of carbonyl (C=O) groups is 1. The zero-order chi connectivity index (χ0) is 17.8. The molecule has 130 valence electrons. The first-order chi connectivity index (χ1) is 11.8. The number of nitrogens with one attached hydrogen (secondary N) is 3. The van der Waals surface area contributed by atoms with Gasteiger partial charge in [-0.2, -0.15) is 0 Å². The molecule has 2 aromatic carbocycles. The Morgan fingerprint density at radius 3 is 2.56 bits per heavy atom. The lowest BCUT2D eigenvalue weighted by atomic mass is 9.82. The number of halogens is 1. The number of carbonyl (C=O) groups excluding carboxylic acids is 1. The van der Waals surface area contributed by atoms with Gasteiger partial charge in [0.15, 0.2) is 0 Å². The van der Waals surface area contributed by atoms with Crippen molar-refractivity contribution in [3.63, 3.8) is 0 Å². The SMILES string of the molecule is Cc1cccc(C2(Nc3ccc4c(c3)NC(=O)C4(C)C)CNC2)c1Cl. The van der Waals surface area contributed by atoms with Gasteiger partial charge in [0.2, 0.25) is 5.91 Å². The fraction of sp³-hybridized carbons (Fsp3) is 0.350. The fourth-order valence-corrected chi connectivity index (χ4v) is 3.99. The van der Waals surface area contributed by atoms with Crippen LogP contribution in [0.5, 0.6) is 0 Å². The molecular weight excluding hydrogens is 334 g/mol. The lowest BCUT2D eigenvalue weighted by Gasteiger charge is -2.45. The molecular formula is C20H22ClN3O. The zero-order valence-electron chi connectivity index (χ0n) is 14.7. The molecule has 2 aliphatic rings. The number of anilines is 2. The molecule has 1 fully saturated rings. The number of benzene rings is 2. The van der Waals surface area contributed by atoms with Crippen LogP contribution >= 0.6 is 11.6 Å². The Kier molecular flexibility index (Phi) is 3.60. The van der Waals surface area contributed by atoms with Crippen LogP contribution in [-0.2, 0) is 15.7 Å². The summed E-state index contributed by atoms with van der Waals surface area (Å²) in [7, 11) is 0. The van der Waals surface area contributed by atoms with E-state index in [1.807, 2.05) is 51.1 Å². The number of fused-ring (bicyclic) bond motifs is 1. The van der Waals surface area contributed by atoms with Crippen molar-refractivity contribution in [2.75, 3.05) is 23.7 Å². The first kappa shape index (κ1) is 16.4. The number of rotatable bonds is 3. The second-order valence-corrected chi connectivity index (χ2v) is 7.96. The van der Waals surface area contributed by atoms with Crippen LogP contribution in [-0.4, -0.2) is 19.0 Å². The van der Waals surface area contributed by atoms with Crippen LogP contribution in [0.1, 0.15) is 30.5 Å². The molecule has 2 heterocycles. The summed E-state index contributed by atoms with van der Waals surface area (Å²) in [5.41, 5.74) is 4.39. The van der Waals surface area contributed by atoms with Crippen LogP contribution in [0.4, 0.5) is 11.4 Å². The van der Waals surface area contributed by atoms with Crippen molar-refractivity contribution < 1.29 is 4.79 Å². The summed E-state index contributed by atoms with van der Waals surface area (Å²) in [6, 6.07) is 12.3. The second kappa shape index (κ2) is 5.48. The van der Waals surface area contributed by atoms with Crippen molar-refractivity contribution in [2.45, 2.75) is 31.7 Å². The summed E-state index contributed by atoms with van der Waals surface area (Å²) in [6.45, 7) is 7.55. The van der Waals surface area contributed by atoms with Crippen LogP contribution in [0.3, 0.4) is 0 Å². The van der Waals surface area contributed by atoms with E-state index in [4.69, 9.17) is 11.6 Å². The van der Waals surface area contributed by atoms with Crippen molar-refractivity contribution in [2.24, 2.45) is 0 Å². The Morgan fingerprint density at radius 2 is 1.88 bits per heavy atom. The minimum Gasteiger partial charge on any atom is -0.373 e. The third-order valence-electron chi connectivity index (χ3n) is 5.45. The van der Waals surface area contributed by atoms with Crippen LogP contribution in [0, 0.1) is 6.92 Å². The van der Waals surface area contributed by atoms with Crippen molar-refractivity contribution in [1.29, 1.82) is 0 Å². The number of amides is 1. The maximum atomic E-state index is 12.2. The quantitative estimate of drug-likeness (QED) is 0.785. The van der Waals surface area contributed by atoms with Gasteiger partial charge in [-0.1, -0.05) is 35.9 Å². The maximum Gasteiger partial charge on any atom is 0.234 e. The second-order valence-electron chi connectivity index (χ2n) is 7.59. The third kappa shape index (κ3) is 2.43. The van der Waals surface area contributed by atoms with Gasteiger partial charge in [-0.3, -0.25) is 4.79 Å². The van der Waals surface area contributed by atoms with Crippen molar-refractivity contribution in [1.82, 2.24) is 5.32 Å². The predicted octanol–water partition coefficient (Wildman–Crippen LogP) is 3.79. The molecule has 3 N–H and O–H groups in total. The van der Waals surface area contributed by atoms with Crippen LogP contribution in [0.25, 0.3) is 0 Å². The summed E-state index contributed by atoms with van der Waals surface area (Å²) in [4.78, 5) is 12.2. The summed E-state index contributed by atoms with van der Waals surface area (Å²) >= 11 is 6.58. The minimum atomic E-state index is -0.483. The molecule has 0 spiro atoms. The normalized spacial score (nSPS) is 19.8. The van der Waals surface area contributed by atoms with Gasteiger partial charge in [0.1, 0.15) is 0 Å². The van der Waals surface area contributed by atoms with E-state index in [1.54, 1.807) is 0 Å². The maximum absolute atomic E-state index is 12.2. The highest BCUT2D eigenvalue weighted by Gasteiger charge is 2.42. The van der Waals surface area contributed by atoms with Gasteiger partial charge in [-0.15, -0.1) is 0 Å². The highest BCUT2D eigenvalue weighted by Crippen LogP contribution is 2.41. The van der Waals surface area contributed by atoms with E-state index in [9.17, 15) is 4.79 Å². The number of aryl methyl sites for hydroxylation is 1. The van der Waals surface area contributed by atoms with E-state index >= 15 is 0 Å². The Morgan fingerprint density at radius 1 is 1.12 bits per heavy atom. The molecule has 0 aromatic heterocycles. The average Bonchev–Trinajstić information content (AvgIpc) is 2.75. The van der Waals surface area contributed by atoms with Crippen LogP contribution in [0.15, 0.2) is 36.4 Å². The van der Waals surface area contributed by atoms with E-state index in [0.29, 0.717) is 0 Å². The Hall–Kier alpha value is -2.04. The molecule has 2 aliphatic heterocycles. The van der Waals surface area contributed by atoms with E-state index in [-0.39, 0.29) is 11.4 Å². The van der Waals surface area contributed by atoms with E-state index in [1.165, 1.54) is 0 Å². The lowest BCUT2D eigenvalue weighted by Crippen LogP contribution is -2.61. The molecule has 25 heavy (non-hydrogen) atoms. The molecule has 0 unspecified atom stereocenters. The highest BCUT2D eigenvalue weighted by atomic mass is 35.5. The minimum absolute atomic E-state index is 0.0430. The van der Waals surface area contributed by atoms with Gasteiger partial charge in [-0.25, -0.2) is 0 Å². The number of hydrogen-bond acceptors (Lipinski definition) is 3. The molecule has 5 heteroatoms. The molecule has 0 aliphatic carbocycles. The highest BCUT2D eigenvalue weighted by molar-refractivity contribution is 6.32. The fourth-order valence-electron chi connectivity index (χ4n) is 3.69. The Labute approximate surface area is 153 Å². The molecule has 1 amide bonds. The lowest BCUT2D eigenvalue weighted by molar-refractivity contribution is -0.119. The molecule has 2 aromatic rings. The van der Waals surface area contributed by atoms with Crippen molar-refractivity contribution >= 4 is 28.9 Å². The average molecular weight is 356 g/mol. The van der Waals surface area contributed by atoms with Gasteiger partial charge in [0.25, 0.3) is 0 Å². The molecule has 0 radical (unpaired) electrons. The van der Waals surface area contributed by atoms with Gasteiger partial charge < -0.3 is 16.0 Å². The van der Waals surface area contributed by atoms with Gasteiger partial charge in [-0.05, 0) is 49.6 Å². The predicted molar refractivity (Wildman–Crippen MR) is 102 cm³/mol. The topological polar surface area (TPSA) is 53.2 Å². The first-order valence-corrected chi connectivity index (χ1v) is 8.92. The van der Waals surface area contributed by atoms with Crippen LogP contribution in [0.2, 0.25) is 5.02 Å². The molecule has 0 bridgehead atoms. The Bertz CT molecular complexity index is 871. The molecule has 0 saturated carbocycles. The van der Waals surface area contributed by atoms with Gasteiger partial charge >= 0.3 is 0 Å². The largest absolute Gasteiger partial charge is 0.373 e. The summed E-state index contributed by atoms with van der Waals surface area (Å²) in [6.07, 6.45) is 0. The zero-order valence-corrected chi connectivity index (χ0v) is 15.4. The van der Waals surface area contributed by atoms with E-state index < -0.39 is 5.41 Å².